The summed E-state index contributed by atoms with van der Waals surface area (Å²) in [6, 6.07) is 24.7. The zero-order chi connectivity index (χ0) is 19.3. The Bertz CT molecular complexity index is 1140. The van der Waals surface area contributed by atoms with E-state index < -0.39 is 0 Å². The molecule has 28 heavy (non-hydrogen) atoms. The fourth-order valence-electron chi connectivity index (χ4n) is 3.55. The summed E-state index contributed by atoms with van der Waals surface area (Å²) >= 11 is 0. The maximum Gasteiger partial charge on any atom is 0.255 e. The molecule has 0 fully saturated rings. The highest BCUT2D eigenvalue weighted by molar-refractivity contribution is 5.85. The molecule has 4 nitrogen and oxygen atoms in total. The fraction of sp³-hybridized carbons (Fsp3) is 0.167. The SMILES string of the molecule is CCc1c(Cc2cccc3ccccc23)nc(NCc2ccccc2)[nH]c1=O. The molecule has 0 aliphatic carbocycles. The van der Waals surface area contributed by atoms with E-state index in [0.29, 0.717) is 25.3 Å². The molecule has 0 saturated carbocycles. The number of benzene rings is 3. The average Bonchev–Trinajstić information content (AvgIpc) is 2.73. The molecule has 4 heteroatoms. The van der Waals surface area contributed by atoms with Gasteiger partial charge in [-0.3, -0.25) is 9.78 Å². The monoisotopic (exact) mass is 369 g/mol. The first kappa shape index (κ1) is 18.0. The maximum atomic E-state index is 12.6. The molecule has 0 unspecified atom stereocenters. The van der Waals surface area contributed by atoms with Crippen LogP contribution in [-0.4, -0.2) is 9.97 Å². The summed E-state index contributed by atoms with van der Waals surface area (Å²) in [6.45, 7) is 2.61. The van der Waals surface area contributed by atoms with Crippen LogP contribution in [0.4, 0.5) is 5.95 Å². The van der Waals surface area contributed by atoms with Crippen LogP contribution in [-0.2, 0) is 19.4 Å². The summed E-state index contributed by atoms with van der Waals surface area (Å²) in [4.78, 5) is 20.3. The van der Waals surface area contributed by atoms with Crippen molar-refractivity contribution >= 4 is 16.7 Å². The zero-order valence-electron chi connectivity index (χ0n) is 15.9. The van der Waals surface area contributed by atoms with Gasteiger partial charge in [0.25, 0.3) is 5.56 Å². The summed E-state index contributed by atoms with van der Waals surface area (Å²) in [6.07, 6.45) is 1.29. The predicted molar refractivity (Wildman–Crippen MR) is 115 cm³/mol. The molecule has 4 aromatic rings. The third-order valence-electron chi connectivity index (χ3n) is 5.00. The van der Waals surface area contributed by atoms with Crippen LogP contribution < -0.4 is 10.9 Å². The zero-order valence-corrected chi connectivity index (χ0v) is 15.9. The van der Waals surface area contributed by atoms with E-state index in [1.807, 2.05) is 49.4 Å². The van der Waals surface area contributed by atoms with Gasteiger partial charge >= 0.3 is 0 Å². The van der Waals surface area contributed by atoms with Crippen molar-refractivity contribution in [2.75, 3.05) is 5.32 Å². The Morgan fingerprint density at radius 2 is 1.68 bits per heavy atom. The van der Waals surface area contributed by atoms with Gasteiger partial charge in [0.15, 0.2) is 0 Å². The summed E-state index contributed by atoms with van der Waals surface area (Å²) in [5.74, 6) is 0.515. The third kappa shape index (κ3) is 3.81. The second-order valence-electron chi connectivity index (χ2n) is 6.85. The molecule has 0 amide bonds. The molecule has 0 bridgehead atoms. The van der Waals surface area contributed by atoms with E-state index in [0.717, 1.165) is 16.8 Å². The molecule has 3 aromatic carbocycles. The molecule has 4 rings (SSSR count). The lowest BCUT2D eigenvalue weighted by molar-refractivity contribution is 0.915. The minimum atomic E-state index is -0.0664. The van der Waals surface area contributed by atoms with E-state index >= 15 is 0 Å². The van der Waals surface area contributed by atoms with E-state index in [1.165, 1.54) is 16.3 Å². The Labute approximate surface area is 164 Å². The third-order valence-corrected chi connectivity index (χ3v) is 5.00. The number of aromatic nitrogens is 2. The number of hydrogen-bond acceptors (Lipinski definition) is 3. The molecule has 140 valence electrons. The molecule has 1 aromatic heterocycles. The topological polar surface area (TPSA) is 57.8 Å². The van der Waals surface area contributed by atoms with Crippen LogP contribution >= 0.6 is 0 Å². The van der Waals surface area contributed by atoms with Gasteiger partial charge in [-0.15, -0.1) is 0 Å². The highest BCUT2D eigenvalue weighted by atomic mass is 16.1. The first-order valence-corrected chi connectivity index (χ1v) is 9.61. The quantitative estimate of drug-likeness (QED) is 0.518. The molecule has 0 spiro atoms. The summed E-state index contributed by atoms with van der Waals surface area (Å²) in [7, 11) is 0. The van der Waals surface area contributed by atoms with E-state index in [4.69, 9.17) is 4.98 Å². The number of rotatable bonds is 6. The van der Waals surface area contributed by atoms with Crippen molar-refractivity contribution in [2.24, 2.45) is 0 Å². The number of fused-ring (bicyclic) bond motifs is 1. The average molecular weight is 369 g/mol. The highest BCUT2D eigenvalue weighted by Crippen LogP contribution is 2.22. The van der Waals surface area contributed by atoms with Crippen molar-refractivity contribution in [3.05, 3.63) is 106 Å². The number of nitrogens with one attached hydrogen (secondary N) is 2. The Balaban J connectivity index is 1.67. The van der Waals surface area contributed by atoms with Crippen LogP contribution in [0.25, 0.3) is 10.8 Å². The van der Waals surface area contributed by atoms with Crippen LogP contribution in [0.5, 0.6) is 0 Å². The lowest BCUT2D eigenvalue weighted by Crippen LogP contribution is -2.20. The first-order chi connectivity index (χ1) is 13.7. The first-order valence-electron chi connectivity index (χ1n) is 9.61. The van der Waals surface area contributed by atoms with Crippen LogP contribution in [0, 0.1) is 0 Å². The molecular weight excluding hydrogens is 346 g/mol. The summed E-state index contributed by atoms with van der Waals surface area (Å²) < 4.78 is 0. The lowest BCUT2D eigenvalue weighted by atomic mass is 9.99. The van der Waals surface area contributed by atoms with Gasteiger partial charge in [0.05, 0.1) is 5.69 Å². The van der Waals surface area contributed by atoms with Crippen LogP contribution in [0.1, 0.15) is 29.3 Å². The normalized spacial score (nSPS) is 10.9. The van der Waals surface area contributed by atoms with Gasteiger partial charge in [-0.1, -0.05) is 79.7 Å². The van der Waals surface area contributed by atoms with Gasteiger partial charge in [-0.2, -0.15) is 0 Å². The van der Waals surface area contributed by atoms with Crippen molar-refractivity contribution in [1.82, 2.24) is 9.97 Å². The molecular formula is C24H23N3O. The Hall–Kier alpha value is -3.40. The highest BCUT2D eigenvalue weighted by Gasteiger charge is 2.12. The minimum Gasteiger partial charge on any atom is -0.352 e. The molecule has 0 aliphatic rings. The van der Waals surface area contributed by atoms with Crippen molar-refractivity contribution in [3.8, 4) is 0 Å². The molecule has 0 aliphatic heterocycles. The number of anilines is 1. The Morgan fingerprint density at radius 3 is 2.50 bits per heavy atom. The maximum absolute atomic E-state index is 12.6. The molecule has 0 radical (unpaired) electrons. The number of hydrogen-bond donors (Lipinski definition) is 2. The molecule has 0 atom stereocenters. The van der Waals surface area contributed by atoms with E-state index in [1.54, 1.807) is 0 Å². The number of aromatic amines is 1. The van der Waals surface area contributed by atoms with Gasteiger partial charge in [0, 0.05) is 18.5 Å². The van der Waals surface area contributed by atoms with Crippen molar-refractivity contribution in [1.29, 1.82) is 0 Å². The second-order valence-corrected chi connectivity index (χ2v) is 6.85. The van der Waals surface area contributed by atoms with Gasteiger partial charge < -0.3 is 5.32 Å². The van der Waals surface area contributed by atoms with Gasteiger partial charge in [0.1, 0.15) is 0 Å². The number of nitrogens with zero attached hydrogens (tertiary/aromatic N) is 1. The van der Waals surface area contributed by atoms with Gasteiger partial charge in [0.2, 0.25) is 5.95 Å². The number of H-pyrrole nitrogens is 1. The predicted octanol–water partition coefficient (Wildman–Crippen LogP) is 4.69. The fourth-order valence-corrected chi connectivity index (χ4v) is 3.55. The van der Waals surface area contributed by atoms with E-state index in [2.05, 4.69) is 40.6 Å². The standard InChI is InChI=1S/C24H23N3O/c1-2-20-22(15-19-13-8-12-18-11-6-7-14-21(18)19)26-24(27-23(20)28)25-16-17-9-4-3-5-10-17/h3-14H,2,15-16H2,1H3,(H2,25,26,27,28). The second kappa shape index (κ2) is 8.09. The molecule has 1 heterocycles. The molecule has 2 N–H and O–H groups in total. The summed E-state index contributed by atoms with van der Waals surface area (Å²) in [5, 5.41) is 5.65. The Kier molecular flexibility index (Phi) is 5.20. The van der Waals surface area contributed by atoms with Crippen LogP contribution in [0.2, 0.25) is 0 Å². The Morgan fingerprint density at radius 1 is 0.929 bits per heavy atom. The van der Waals surface area contributed by atoms with Crippen LogP contribution in [0.15, 0.2) is 77.6 Å². The van der Waals surface area contributed by atoms with Crippen molar-refractivity contribution in [2.45, 2.75) is 26.3 Å². The van der Waals surface area contributed by atoms with Crippen LogP contribution in [0.3, 0.4) is 0 Å². The van der Waals surface area contributed by atoms with Gasteiger partial charge in [-0.05, 0) is 28.3 Å². The van der Waals surface area contributed by atoms with Crippen molar-refractivity contribution < 1.29 is 0 Å². The van der Waals surface area contributed by atoms with E-state index in [-0.39, 0.29) is 5.56 Å². The van der Waals surface area contributed by atoms with Crippen molar-refractivity contribution in [3.63, 3.8) is 0 Å². The summed E-state index contributed by atoms with van der Waals surface area (Å²) in [5.41, 5.74) is 3.83. The molecule has 0 saturated heterocycles. The largest absolute Gasteiger partial charge is 0.352 e. The minimum absolute atomic E-state index is 0.0664. The van der Waals surface area contributed by atoms with E-state index in [9.17, 15) is 4.79 Å². The smallest absolute Gasteiger partial charge is 0.255 e. The lowest BCUT2D eigenvalue weighted by Gasteiger charge is -2.12. The van der Waals surface area contributed by atoms with Gasteiger partial charge in [-0.25, -0.2) is 4.98 Å².